The highest BCUT2D eigenvalue weighted by Gasteiger charge is 2.27. The number of nitrogens with one attached hydrogen (secondary N) is 2. The highest BCUT2D eigenvalue weighted by atomic mass is 35.5. The Kier molecular flexibility index (Phi) is 6.11. The molecule has 0 spiro atoms. The molecule has 116 valence electrons. The van der Waals surface area contributed by atoms with Crippen LogP contribution in [0.25, 0.3) is 0 Å². The third kappa shape index (κ3) is 4.48. The molecule has 0 radical (unpaired) electrons. The molecule has 0 saturated carbocycles. The Morgan fingerprint density at radius 1 is 1.48 bits per heavy atom. The number of benzene rings is 1. The number of alkyl carbamates (subject to hydrolysis) is 1. The fourth-order valence-corrected chi connectivity index (χ4v) is 2.62. The van der Waals surface area contributed by atoms with Crippen LogP contribution in [-0.4, -0.2) is 39.4 Å². The average Bonchev–Trinajstić information content (AvgIpc) is 2.73. The van der Waals surface area contributed by atoms with Crippen LogP contribution in [-0.2, 0) is 9.47 Å². The Labute approximate surface area is 133 Å². The van der Waals surface area contributed by atoms with Gasteiger partial charge in [-0.2, -0.15) is 0 Å². The van der Waals surface area contributed by atoms with Gasteiger partial charge in [-0.15, -0.1) is 0 Å². The summed E-state index contributed by atoms with van der Waals surface area (Å²) in [5.41, 5.74) is 0.949. The van der Waals surface area contributed by atoms with Crippen LogP contribution in [0.3, 0.4) is 0 Å². The molecular weight excluding hydrogens is 315 g/mol. The lowest BCUT2D eigenvalue weighted by atomic mass is 9.95. The molecule has 1 aromatic carbocycles. The summed E-state index contributed by atoms with van der Waals surface area (Å²) in [7, 11) is 1.34. The average molecular weight is 333 g/mol. The third-order valence-electron chi connectivity index (χ3n) is 3.38. The Balaban J connectivity index is 2.14. The lowest BCUT2D eigenvalue weighted by Crippen LogP contribution is -2.36. The minimum absolute atomic E-state index is 0.0730. The Hall–Kier alpha value is -1.01. The molecule has 0 aromatic heterocycles. The van der Waals surface area contributed by atoms with Crippen LogP contribution in [0, 0.1) is 5.92 Å². The van der Waals surface area contributed by atoms with Crippen molar-refractivity contribution in [2.75, 3.05) is 33.4 Å². The van der Waals surface area contributed by atoms with Crippen LogP contribution in [0.15, 0.2) is 18.2 Å². The van der Waals surface area contributed by atoms with Crippen LogP contribution in [0.4, 0.5) is 4.79 Å². The number of ether oxygens (including phenoxy) is 2. The molecule has 1 aliphatic rings. The molecule has 1 saturated heterocycles. The van der Waals surface area contributed by atoms with E-state index in [9.17, 15) is 4.79 Å². The van der Waals surface area contributed by atoms with Crippen LogP contribution in [0.5, 0.6) is 0 Å². The molecule has 21 heavy (non-hydrogen) atoms. The fourth-order valence-electron chi connectivity index (χ4n) is 2.31. The van der Waals surface area contributed by atoms with E-state index in [0.29, 0.717) is 23.2 Å². The van der Waals surface area contributed by atoms with Crippen molar-refractivity contribution in [2.45, 2.75) is 6.10 Å². The molecule has 5 nitrogen and oxygen atoms in total. The topological polar surface area (TPSA) is 59.6 Å². The normalized spacial score (nSPS) is 22.4. The molecule has 1 aromatic rings. The van der Waals surface area contributed by atoms with Crippen molar-refractivity contribution in [3.05, 3.63) is 33.8 Å². The fraction of sp³-hybridized carbons (Fsp3) is 0.500. The van der Waals surface area contributed by atoms with E-state index in [1.165, 1.54) is 7.11 Å². The number of halogens is 2. The van der Waals surface area contributed by atoms with E-state index in [0.717, 1.165) is 18.7 Å². The van der Waals surface area contributed by atoms with Gasteiger partial charge in [0.2, 0.25) is 0 Å². The second-order valence-corrected chi connectivity index (χ2v) is 5.62. The first kappa shape index (κ1) is 16.4. The Morgan fingerprint density at radius 3 is 3.00 bits per heavy atom. The van der Waals surface area contributed by atoms with Crippen LogP contribution in [0.1, 0.15) is 11.7 Å². The van der Waals surface area contributed by atoms with Crippen LogP contribution >= 0.6 is 23.2 Å². The van der Waals surface area contributed by atoms with Crippen molar-refractivity contribution in [3.8, 4) is 0 Å². The maximum atomic E-state index is 11.2. The minimum Gasteiger partial charge on any atom is -0.453 e. The van der Waals surface area contributed by atoms with Gasteiger partial charge in [0.1, 0.15) is 0 Å². The summed E-state index contributed by atoms with van der Waals surface area (Å²) in [5, 5.41) is 7.01. The monoisotopic (exact) mass is 332 g/mol. The Bertz CT molecular complexity index is 499. The van der Waals surface area contributed by atoms with Gasteiger partial charge in [0, 0.05) is 25.6 Å². The van der Waals surface area contributed by atoms with Gasteiger partial charge in [0.25, 0.3) is 0 Å². The van der Waals surface area contributed by atoms with Crippen LogP contribution in [0.2, 0.25) is 10.0 Å². The summed E-state index contributed by atoms with van der Waals surface area (Å²) in [6, 6.07) is 5.46. The van der Waals surface area contributed by atoms with Crippen molar-refractivity contribution in [1.29, 1.82) is 0 Å². The van der Waals surface area contributed by atoms with Crippen molar-refractivity contribution in [3.63, 3.8) is 0 Å². The number of methoxy groups -OCH3 is 1. The second-order valence-electron chi connectivity index (χ2n) is 4.80. The summed E-state index contributed by atoms with van der Waals surface area (Å²) in [6.45, 7) is 2.55. The van der Waals surface area contributed by atoms with Crippen molar-refractivity contribution < 1.29 is 14.3 Å². The lowest BCUT2D eigenvalue weighted by molar-refractivity contribution is 0.0307. The molecule has 0 bridgehead atoms. The predicted molar refractivity (Wildman–Crippen MR) is 81.9 cm³/mol. The van der Waals surface area contributed by atoms with E-state index >= 15 is 0 Å². The molecule has 0 aliphatic carbocycles. The number of carbonyl (C=O) groups is 1. The predicted octanol–water partition coefficient (Wildman–Crippen LogP) is 2.63. The van der Waals surface area contributed by atoms with Gasteiger partial charge in [0.05, 0.1) is 29.9 Å². The van der Waals surface area contributed by atoms with E-state index in [-0.39, 0.29) is 12.0 Å². The third-order valence-corrected chi connectivity index (χ3v) is 4.12. The number of hydrogen-bond donors (Lipinski definition) is 2. The van der Waals surface area contributed by atoms with Gasteiger partial charge in [-0.25, -0.2) is 4.79 Å². The smallest absolute Gasteiger partial charge is 0.406 e. The maximum Gasteiger partial charge on any atom is 0.406 e. The minimum atomic E-state index is -0.452. The molecule has 1 amide bonds. The van der Waals surface area contributed by atoms with E-state index in [1.54, 1.807) is 6.07 Å². The van der Waals surface area contributed by atoms with Gasteiger partial charge in [-0.1, -0.05) is 29.3 Å². The molecule has 1 aliphatic heterocycles. The summed E-state index contributed by atoms with van der Waals surface area (Å²) >= 11 is 12.0. The summed E-state index contributed by atoms with van der Waals surface area (Å²) < 4.78 is 10.5. The van der Waals surface area contributed by atoms with E-state index in [4.69, 9.17) is 27.9 Å². The maximum absolute atomic E-state index is 11.2. The first-order valence-electron chi connectivity index (χ1n) is 6.71. The number of carbonyl (C=O) groups excluding carboxylic acids is 1. The number of hydrogen-bond acceptors (Lipinski definition) is 4. The Morgan fingerprint density at radius 2 is 2.29 bits per heavy atom. The lowest BCUT2D eigenvalue weighted by Gasteiger charge is -2.25. The largest absolute Gasteiger partial charge is 0.453 e. The second kappa shape index (κ2) is 7.84. The highest BCUT2D eigenvalue weighted by molar-refractivity contribution is 6.42. The van der Waals surface area contributed by atoms with E-state index < -0.39 is 6.09 Å². The van der Waals surface area contributed by atoms with Gasteiger partial charge >= 0.3 is 6.09 Å². The molecule has 1 fully saturated rings. The standard InChI is InChI=1S/C14H18Cl2N2O3/c1-20-14(19)18-8-10-7-17-4-5-21-13(10)9-2-3-11(15)12(16)6-9/h2-3,6,10,13,17H,4-5,7-8H2,1H3,(H,18,19)/t10-,13-/m0/s1. The van der Waals surface area contributed by atoms with E-state index in [1.807, 2.05) is 12.1 Å². The van der Waals surface area contributed by atoms with Crippen molar-refractivity contribution >= 4 is 29.3 Å². The SMILES string of the molecule is COC(=O)NC[C@@H]1CNCCO[C@H]1c1ccc(Cl)c(Cl)c1. The zero-order chi connectivity index (χ0) is 15.2. The molecule has 1 heterocycles. The molecule has 0 unspecified atom stereocenters. The zero-order valence-electron chi connectivity index (χ0n) is 11.7. The summed E-state index contributed by atoms with van der Waals surface area (Å²) in [4.78, 5) is 11.2. The van der Waals surface area contributed by atoms with Gasteiger partial charge in [-0.3, -0.25) is 0 Å². The highest BCUT2D eigenvalue weighted by Crippen LogP contribution is 2.31. The summed E-state index contributed by atoms with van der Waals surface area (Å²) in [5.74, 6) is 0.0730. The van der Waals surface area contributed by atoms with Crippen molar-refractivity contribution in [2.24, 2.45) is 5.92 Å². The zero-order valence-corrected chi connectivity index (χ0v) is 13.2. The molecule has 7 heteroatoms. The van der Waals surface area contributed by atoms with Crippen molar-refractivity contribution in [1.82, 2.24) is 10.6 Å². The summed E-state index contributed by atoms with van der Waals surface area (Å²) in [6.07, 6.45) is -0.612. The molecule has 2 atom stereocenters. The van der Waals surface area contributed by atoms with Crippen LogP contribution < -0.4 is 10.6 Å². The molecule has 2 N–H and O–H groups in total. The van der Waals surface area contributed by atoms with Gasteiger partial charge < -0.3 is 20.1 Å². The van der Waals surface area contributed by atoms with E-state index in [2.05, 4.69) is 15.4 Å². The first-order chi connectivity index (χ1) is 10.1. The first-order valence-corrected chi connectivity index (χ1v) is 7.46. The molecular formula is C14H18Cl2N2O3. The molecule has 2 rings (SSSR count). The quantitative estimate of drug-likeness (QED) is 0.893. The van der Waals surface area contributed by atoms with Gasteiger partial charge in [0.15, 0.2) is 0 Å². The van der Waals surface area contributed by atoms with Gasteiger partial charge in [-0.05, 0) is 17.7 Å². The number of rotatable bonds is 3. The number of amides is 1.